The number of methoxy groups -OCH3 is 1. The Bertz CT molecular complexity index is 1100. The second-order valence-corrected chi connectivity index (χ2v) is 7.09. The normalized spacial score (nSPS) is 16.7. The van der Waals surface area contributed by atoms with Crippen LogP contribution in [0.2, 0.25) is 0 Å². The van der Waals surface area contributed by atoms with Crippen LogP contribution in [-0.2, 0) is 6.54 Å². The third-order valence-corrected chi connectivity index (χ3v) is 4.88. The van der Waals surface area contributed by atoms with Crippen molar-refractivity contribution in [1.82, 2.24) is 14.9 Å². The number of hydrogen-bond acceptors (Lipinski definition) is 3. The first-order valence-corrected chi connectivity index (χ1v) is 9.47. The van der Waals surface area contributed by atoms with Gasteiger partial charge in [-0.05, 0) is 31.5 Å². The second-order valence-electron chi connectivity index (χ2n) is 7.09. The molecule has 7 nitrogen and oxygen atoms in total. The fraction of sp³-hybridized carbons (Fsp3) is 0.227. The van der Waals surface area contributed by atoms with Gasteiger partial charge in [0.1, 0.15) is 5.75 Å². The number of fused-ring (bicyclic) bond motifs is 1. The molecule has 3 aromatic rings. The van der Waals surface area contributed by atoms with E-state index in [1.54, 1.807) is 17.7 Å². The summed E-state index contributed by atoms with van der Waals surface area (Å²) in [4.78, 5) is 20.6. The van der Waals surface area contributed by atoms with Crippen LogP contribution < -0.4 is 25.9 Å². The molecule has 1 unspecified atom stereocenters. The molecule has 1 aliphatic heterocycles. The van der Waals surface area contributed by atoms with E-state index in [9.17, 15) is 4.79 Å². The number of ether oxygens (including phenoxy) is 1. The Balaban J connectivity index is 1.68. The van der Waals surface area contributed by atoms with E-state index >= 15 is 0 Å². The van der Waals surface area contributed by atoms with Crippen molar-refractivity contribution >= 4 is 11.9 Å². The highest BCUT2D eigenvalue weighted by atomic mass is 16.5. The Hall–Kier alpha value is -3.61. The van der Waals surface area contributed by atoms with E-state index in [0.717, 1.165) is 16.9 Å². The molecule has 0 bridgehead atoms. The molecule has 2 aromatic carbocycles. The average Bonchev–Trinajstić information content (AvgIpc) is 2.72. The van der Waals surface area contributed by atoms with Gasteiger partial charge in [0.05, 0.1) is 13.7 Å². The molecule has 29 heavy (non-hydrogen) atoms. The molecule has 4 rings (SSSR count). The highest BCUT2D eigenvalue weighted by Crippen LogP contribution is 2.21. The summed E-state index contributed by atoms with van der Waals surface area (Å²) in [6, 6.07) is 17.5. The first-order valence-electron chi connectivity index (χ1n) is 9.47. The van der Waals surface area contributed by atoms with Gasteiger partial charge in [0.2, 0.25) is 0 Å². The van der Waals surface area contributed by atoms with Crippen LogP contribution >= 0.6 is 0 Å². The van der Waals surface area contributed by atoms with Crippen molar-refractivity contribution in [1.29, 1.82) is 0 Å². The Morgan fingerprint density at radius 1 is 1.10 bits per heavy atom. The molecule has 148 valence electrons. The molecule has 0 spiro atoms. The van der Waals surface area contributed by atoms with Crippen molar-refractivity contribution in [3.8, 4) is 5.75 Å². The predicted octanol–water partition coefficient (Wildman–Crippen LogP) is 1.07. The zero-order valence-electron chi connectivity index (χ0n) is 16.7. The van der Waals surface area contributed by atoms with Crippen LogP contribution in [0.4, 0.5) is 5.95 Å². The molecule has 1 aromatic heterocycles. The Morgan fingerprint density at radius 2 is 1.83 bits per heavy atom. The van der Waals surface area contributed by atoms with Crippen molar-refractivity contribution in [3.05, 3.63) is 87.3 Å². The molecule has 3 N–H and O–H groups in total. The van der Waals surface area contributed by atoms with Crippen LogP contribution in [-0.4, -0.2) is 22.6 Å². The van der Waals surface area contributed by atoms with Gasteiger partial charge in [-0.1, -0.05) is 42.0 Å². The second kappa shape index (κ2) is 7.79. The van der Waals surface area contributed by atoms with Gasteiger partial charge >= 0.3 is 5.96 Å². The van der Waals surface area contributed by atoms with Gasteiger partial charge in [-0.25, -0.2) is 14.9 Å². The minimum atomic E-state index is -0.356. The molecule has 1 aliphatic rings. The van der Waals surface area contributed by atoms with Gasteiger partial charge < -0.3 is 4.74 Å². The molecule has 0 fully saturated rings. The summed E-state index contributed by atoms with van der Waals surface area (Å²) in [5, 5.41) is 6.60. The summed E-state index contributed by atoms with van der Waals surface area (Å²) in [5.41, 5.74) is 3.82. The van der Waals surface area contributed by atoms with Crippen LogP contribution in [0.15, 0.2) is 59.4 Å². The molecule has 0 aliphatic carbocycles. The van der Waals surface area contributed by atoms with E-state index in [-0.39, 0.29) is 11.7 Å². The monoisotopic (exact) mass is 390 g/mol. The number of guanidine groups is 1. The molecule has 1 atom stereocenters. The topological polar surface area (TPSA) is 82.2 Å². The number of aryl methyl sites for hydroxylation is 2. The van der Waals surface area contributed by atoms with E-state index in [4.69, 9.17) is 4.74 Å². The van der Waals surface area contributed by atoms with Gasteiger partial charge in [0.15, 0.2) is 6.17 Å². The largest absolute Gasteiger partial charge is 0.497 e. The van der Waals surface area contributed by atoms with Crippen LogP contribution in [0, 0.1) is 13.8 Å². The lowest BCUT2D eigenvalue weighted by molar-refractivity contribution is -0.477. The van der Waals surface area contributed by atoms with Crippen molar-refractivity contribution in [2.45, 2.75) is 26.6 Å². The Kier molecular flexibility index (Phi) is 5.03. The number of rotatable bonds is 4. The Labute approximate surface area is 169 Å². The maximum atomic E-state index is 12.7. The third kappa shape index (κ3) is 3.99. The molecule has 0 amide bonds. The van der Waals surface area contributed by atoms with Crippen LogP contribution in [0.1, 0.15) is 28.6 Å². The highest BCUT2D eigenvalue weighted by molar-refractivity contribution is 5.89. The van der Waals surface area contributed by atoms with Crippen LogP contribution in [0.3, 0.4) is 0 Å². The number of anilines is 1. The van der Waals surface area contributed by atoms with Gasteiger partial charge in [-0.3, -0.25) is 15.1 Å². The minimum Gasteiger partial charge on any atom is -0.497 e. The average molecular weight is 390 g/mol. The first-order chi connectivity index (χ1) is 14.0. The lowest BCUT2D eigenvalue weighted by atomic mass is 10.1. The minimum absolute atomic E-state index is 0.104. The molecule has 0 saturated heterocycles. The fourth-order valence-corrected chi connectivity index (χ4v) is 3.30. The number of nitrogens with one attached hydrogen (secondary N) is 3. The quantitative estimate of drug-likeness (QED) is 0.621. The van der Waals surface area contributed by atoms with Gasteiger partial charge in [-0.15, -0.1) is 0 Å². The summed E-state index contributed by atoms with van der Waals surface area (Å²) >= 11 is 0. The van der Waals surface area contributed by atoms with Crippen molar-refractivity contribution in [3.63, 3.8) is 0 Å². The van der Waals surface area contributed by atoms with E-state index in [2.05, 4.69) is 20.6 Å². The maximum Gasteiger partial charge on any atom is 0.353 e. The van der Waals surface area contributed by atoms with E-state index in [1.807, 2.05) is 62.4 Å². The molecular weight excluding hydrogens is 366 g/mol. The maximum absolute atomic E-state index is 12.7. The summed E-state index contributed by atoms with van der Waals surface area (Å²) in [7, 11) is 1.65. The summed E-state index contributed by atoms with van der Waals surface area (Å²) in [6.07, 6.45) is -0.356. The van der Waals surface area contributed by atoms with Crippen LogP contribution in [0.25, 0.3) is 0 Å². The fourth-order valence-electron chi connectivity index (χ4n) is 3.30. The SMILES string of the molecule is COc1ccc(C[NH+]=C2Nc3nc(C)cc(=O)n3C(c3ccc(C)cc3)N2)cc1. The number of nitrogens with zero attached hydrogens (tertiary/aromatic N) is 2. The summed E-state index contributed by atoms with van der Waals surface area (Å²) < 4.78 is 6.84. The number of hydrogen-bond donors (Lipinski definition) is 3. The van der Waals surface area contributed by atoms with Gasteiger partial charge in [-0.2, -0.15) is 0 Å². The van der Waals surface area contributed by atoms with Gasteiger partial charge in [0.25, 0.3) is 11.5 Å². The molecule has 0 radical (unpaired) electrons. The summed E-state index contributed by atoms with van der Waals surface area (Å²) in [6.45, 7) is 4.46. The first kappa shape index (κ1) is 18.7. The lowest BCUT2D eigenvalue weighted by Gasteiger charge is -2.26. The number of benzene rings is 2. The standard InChI is InChI=1S/C22H23N5O2/c1-14-4-8-17(9-5-14)20-25-21(23-13-16-6-10-18(29-3)11-7-16)26-22-24-15(2)12-19(28)27(20)22/h4-12,20H,13H2,1-3H3,(H2,23,24,25,26)/p+1. The van der Waals surface area contributed by atoms with Crippen LogP contribution in [0.5, 0.6) is 5.75 Å². The van der Waals surface area contributed by atoms with Crippen molar-refractivity contribution in [2.24, 2.45) is 0 Å². The van der Waals surface area contributed by atoms with E-state index in [0.29, 0.717) is 24.1 Å². The number of aromatic nitrogens is 2. The predicted molar refractivity (Wildman–Crippen MR) is 112 cm³/mol. The van der Waals surface area contributed by atoms with Gasteiger partial charge in [0, 0.05) is 17.3 Å². The highest BCUT2D eigenvalue weighted by Gasteiger charge is 2.31. The Morgan fingerprint density at radius 3 is 2.52 bits per heavy atom. The molecular formula is C22H24N5O2+. The lowest BCUT2D eigenvalue weighted by Crippen LogP contribution is -2.78. The van der Waals surface area contributed by atoms with Crippen molar-refractivity contribution < 1.29 is 9.73 Å². The zero-order chi connectivity index (χ0) is 20.4. The van der Waals surface area contributed by atoms with Crippen molar-refractivity contribution in [2.75, 3.05) is 12.4 Å². The smallest absolute Gasteiger partial charge is 0.353 e. The molecule has 7 heteroatoms. The molecule has 2 heterocycles. The summed E-state index contributed by atoms with van der Waals surface area (Å²) in [5.74, 6) is 2.03. The van der Waals surface area contributed by atoms with E-state index < -0.39 is 0 Å². The zero-order valence-corrected chi connectivity index (χ0v) is 16.7. The van der Waals surface area contributed by atoms with E-state index in [1.165, 1.54) is 5.56 Å². The third-order valence-electron chi connectivity index (χ3n) is 4.88. The molecule has 0 saturated carbocycles.